The zero-order chi connectivity index (χ0) is 30.0. The van der Waals surface area contributed by atoms with Gasteiger partial charge in [-0.2, -0.15) is 0 Å². The summed E-state index contributed by atoms with van der Waals surface area (Å²) in [5.41, 5.74) is 2.69. The number of allylic oxidation sites excluding steroid dienone is 2. The summed E-state index contributed by atoms with van der Waals surface area (Å²) in [7, 11) is 0. The van der Waals surface area contributed by atoms with Gasteiger partial charge in [0, 0.05) is 12.5 Å². The van der Waals surface area contributed by atoms with Gasteiger partial charge in [-0.3, -0.25) is 0 Å². The van der Waals surface area contributed by atoms with Gasteiger partial charge in [-0.05, 0) is 59.7 Å². The van der Waals surface area contributed by atoms with Gasteiger partial charge >= 0.3 is 17.9 Å². The Morgan fingerprint density at radius 2 is 1.17 bits per heavy atom. The first-order chi connectivity index (χ1) is 19.9. The highest BCUT2D eigenvalue weighted by Gasteiger charge is 2.11. The molecule has 0 saturated heterocycles. The first kappa shape index (κ1) is 32.0. The fourth-order valence-electron chi connectivity index (χ4n) is 3.21. The van der Waals surface area contributed by atoms with Gasteiger partial charge in [0.25, 0.3) is 0 Å². The molecule has 0 aliphatic carbocycles. The minimum Gasteiger partial charge on any atom is -0.493 e. The van der Waals surface area contributed by atoms with Crippen LogP contribution in [-0.4, -0.2) is 31.1 Å². The molecule has 41 heavy (non-hydrogen) atoms. The summed E-state index contributed by atoms with van der Waals surface area (Å²) in [5, 5.41) is 0. The van der Waals surface area contributed by atoms with Crippen molar-refractivity contribution in [1.82, 2.24) is 0 Å². The van der Waals surface area contributed by atoms with E-state index in [0.717, 1.165) is 17.2 Å². The van der Waals surface area contributed by atoms with Gasteiger partial charge in [0.1, 0.15) is 17.3 Å². The van der Waals surface area contributed by atoms with Crippen LogP contribution in [0.25, 0.3) is 11.1 Å². The lowest BCUT2D eigenvalue weighted by atomic mass is 10.0. The highest BCUT2D eigenvalue weighted by molar-refractivity contribution is 5.91. The second kappa shape index (κ2) is 17.4. The third kappa shape index (κ3) is 11.2. The fraction of sp³-hybridized carbons (Fsp3) is 0.147. The van der Waals surface area contributed by atoms with E-state index in [1.807, 2.05) is 56.3 Å². The number of carbonyl (C=O) groups excluding carboxylic acids is 3. The molecule has 0 fully saturated rings. The average molecular weight is 555 g/mol. The van der Waals surface area contributed by atoms with Crippen LogP contribution in [-0.2, 0) is 19.0 Å². The van der Waals surface area contributed by atoms with E-state index in [0.29, 0.717) is 29.9 Å². The van der Waals surface area contributed by atoms with Gasteiger partial charge in [0.15, 0.2) is 0 Å². The maximum Gasteiger partial charge on any atom is 0.343 e. The number of hydrogen-bond donors (Lipinski definition) is 0. The summed E-state index contributed by atoms with van der Waals surface area (Å²) in [4.78, 5) is 35.8. The van der Waals surface area contributed by atoms with Crippen LogP contribution < -0.4 is 4.74 Å². The maximum absolute atomic E-state index is 12.4. The molecule has 7 heteroatoms. The second-order valence-corrected chi connectivity index (χ2v) is 8.09. The Hall–Kier alpha value is -5.17. The van der Waals surface area contributed by atoms with Gasteiger partial charge in [0.05, 0.1) is 24.3 Å². The normalized spacial score (nSPS) is 10.0. The number of rotatable bonds is 13. The van der Waals surface area contributed by atoms with E-state index in [1.165, 1.54) is 12.2 Å². The van der Waals surface area contributed by atoms with E-state index < -0.39 is 17.9 Å². The topological polar surface area (TPSA) is 88.1 Å². The molecular formula is C34H34O7. The van der Waals surface area contributed by atoms with Crippen LogP contribution in [0.1, 0.15) is 41.0 Å². The van der Waals surface area contributed by atoms with Crippen molar-refractivity contribution in [2.24, 2.45) is 0 Å². The summed E-state index contributed by atoms with van der Waals surface area (Å²) >= 11 is 0. The van der Waals surface area contributed by atoms with E-state index in [4.69, 9.17) is 18.9 Å². The van der Waals surface area contributed by atoms with E-state index >= 15 is 0 Å². The Labute approximate surface area is 241 Å². The highest BCUT2D eigenvalue weighted by Crippen LogP contribution is 2.20. The Balaban J connectivity index is 0.00000287. The van der Waals surface area contributed by atoms with E-state index in [-0.39, 0.29) is 18.1 Å². The summed E-state index contributed by atoms with van der Waals surface area (Å²) in [5.74, 6) is -1.01. The molecule has 0 aliphatic heterocycles. The number of benzene rings is 3. The van der Waals surface area contributed by atoms with E-state index in [2.05, 4.69) is 19.7 Å². The largest absolute Gasteiger partial charge is 0.493 e. The first-order valence-electron chi connectivity index (χ1n) is 13.0. The minimum absolute atomic E-state index is 0.0406. The lowest BCUT2D eigenvalue weighted by molar-refractivity contribution is -0.137. The zero-order valence-corrected chi connectivity index (χ0v) is 23.3. The minimum atomic E-state index is -0.617. The van der Waals surface area contributed by atoms with Crippen molar-refractivity contribution in [3.63, 3.8) is 0 Å². The third-order valence-corrected chi connectivity index (χ3v) is 5.19. The molecule has 0 aliphatic rings. The molecule has 7 nitrogen and oxygen atoms in total. The molecular weight excluding hydrogens is 520 g/mol. The van der Waals surface area contributed by atoms with Gasteiger partial charge in [-0.15, -0.1) is 0 Å². The Kier molecular flexibility index (Phi) is 13.6. The standard InChI is InChI=1S/C32H28O7.C2H6/c1-4-30(33)37-22-8-21-36-29-19-17-28(18-20-29)32(35)39-24(3)12-11-23(2)38-31(34)27-15-13-26(14-16-27)25-9-6-5-7-10-25;1-2/h4-7,9-20H,1-3,8,21-22H2;1-2H3/b12-11-;. The van der Waals surface area contributed by atoms with Gasteiger partial charge < -0.3 is 18.9 Å². The monoisotopic (exact) mass is 554 g/mol. The Morgan fingerprint density at radius 1 is 0.683 bits per heavy atom. The third-order valence-electron chi connectivity index (χ3n) is 5.19. The van der Waals surface area contributed by atoms with Crippen LogP contribution in [0.15, 0.2) is 128 Å². The van der Waals surface area contributed by atoms with Crippen molar-refractivity contribution in [1.29, 1.82) is 0 Å². The molecule has 3 aromatic carbocycles. The molecule has 0 unspecified atom stereocenters. The van der Waals surface area contributed by atoms with Crippen LogP contribution in [0.3, 0.4) is 0 Å². The van der Waals surface area contributed by atoms with Crippen molar-refractivity contribution in [3.05, 3.63) is 139 Å². The van der Waals surface area contributed by atoms with Crippen molar-refractivity contribution in [3.8, 4) is 16.9 Å². The van der Waals surface area contributed by atoms with Crippen LogP contribution >= 0.6 is 0 Å². The maximum atomic E-state index is 12.4. The van der Waals surface area contributed by atoms with E-state index in [9.17, 15) is 14.4 Å². The quantitative estimate of drug-likeness (QED) is 0.0541. The first-order valence-corrected chi connectivity index (χ1v) is 13.0. The predicted molar refractivity (Wildman–Crippen MR) is 159 cm³/mol. The van der Waals surface area contributed by atoms with Crippen LogP contribution in [0.5, 0.6) is 5.75 Å². The molecule has 3 rings (SSSR count). The van der Waals surface area contributed by atoms with E-state index in [1.54, 1.807) is 36.4 Å². The smallest absolute Gasteiger partial charge is 0.343 e. The number of esters is 3. The van der Waals surface area contributed by atoms with Crippen molar-refractivity contribution < 1.29 is 33.3 Å². The lowest BCUT2D eigenvalue weighted by Crippen LogP contribution is -2.07. The second-order valence-electron chi connectivity index (χ2n) is 8.09. The van der Waals surface area contributed by atoms with Crippen molar-refractivity contribution in [2.75, 3.05) is 13.2 Å². The van der Waals surface area contributed by atoms with Crippen LogP contribution in [0, 0.1) is 0 Å². The summed E-state index contributed by atoms with van der Waals surface area (Å²) in [6.45, 7) is 15.3. The predicted octanol–water partition coefficient (Wildman–Crippen LogP) is 7.48. The van der Waals surface area contributed by atoms with Gasteiger partial charge in [0.2, 0.25) is 0 Å². The lowest BCUT2D eigenvalue weighted by Gasteiger charge is -2.08. The van der Waals surface area contributed by atoms with Gasteiger partial charge in [-0.25, -0.2) is 14.4 Å². The molecule has 0 bridgehead atoms. The molecule has 0 saturated carbocycles. The molecule has 0 atom stereocenters. The molecule has 0 spiro atoms. The average Bonchev–Trinajstić information content (AvgIpc) is 3.01. The molecule has 0 heterocycles. The van der Waals surface area contributed by atoms with Crippen LogP contribution in [0.2, 0.25) is 0 Å². The highest BCUT2D eigenvalue weighted by atomic mass is 16.5. The number of ether oxygens (including phenoxy) is 4. The summed E-state index contributed by atoms with van der Waals surface area (Å²) in [6.07, 6.45) is 4.37. The summed E-state index contributed by atoms with van der Waals surface area (Å²) < 4.78 is 20.9. The zero-order valence-electron chi connectivity index (χ0n) is 23.3. The number of hydrogen-bond acceptors (Lipinski definition) is 7. The van der Waals surface area contributed by atoms with Gasteiger partial charge in [-0.1, -0.05) is 76.0 Å². The fourth-order valence-corrected chi connectivity index (χ4v) is 3.21. The molecule has 0 aromatic heterocycles. The summed E-state index contributed by atoms with van der Waals surface area (Å²) in [6, 6.07) is 23.2. The molecule has 0 radical (unpaired) electrons. The Bertz CT molecular complexity index is 1350. The van der Waals surface area contributed by atoms with Crippen molar-refractivity contribution >= 4 is 17.9 Å². The van der Waals surface area contributed by atoms with Crippen LogP contribution in [0.4, 0.5) is 0 Å². The molecule has 3 aromatic rings. The Morgan fingerprint density at radius 3 is 1.68 bits per heavy atom. The molecule has 212 valence electrons. The molecule has 0 N–H and O–H groups in total. The number of carbonyl (C=O) groups is 3. The molecule has 0 amide bonds. The van der Waals surface area contributed by atoms with Crippen molar-refractivity contribution in [2.45, 2.75) is 20.3 Å². The SMILES string of the molecule is C=CC(=O)OCCCOc1ccc(C(=O)OC(=C)/C=C\C(=C)OC(=O)c2ccc(-c3ccccc3)cc2)cc1.CC.